The second-order valence-electron chi connectivity index (χ2n) is 6.93. The van der Waals surface area contributed by atoms with Crippen LogP contribution in [0, 0.1) is 0 Å². The Morgan fingerprint density at radius 2 is 1.87 bits per heavy atom. The minimum absolute atomic E-state index is 0.547. The molecule has 0 fully saturated rings. The minimum atomic E-state index is 0.547. The molecule has 4 nitrogen and oxygen atoms in total. The van der Waals surface area contributed by atoms with Gasteiger partial charge < -0.3 is 15.0 Å². The highest BCUT2D eigenvalue weighted by Crippen LogP contribution is 2.28. The van der Waals surface area contributed by atoms with Gasteiger partial charge in [-0.25, -0.2) is 0 Å². The molecule has 0 aliphatic rings. The standard InChI is InChI=1S/C25H32ClN3O/c1-6-9-19(4)25(29(7-2)8-3)20(5)24-15-12-22(18-28-24)27-16-17-30-23-13-10-21(26)11-14-23/h6,10-15,18,27H,1,5,7-9,16-17H2,2-4H3/b25-19-. The third-order valence-corrected chi connectivity index (χ3v) is 5.06. The summed E-state index contributed by atoms with van der Waals surface area (Å²) >= 11 is 5.88. The number of nitrogens with one attached hydrogen (secondary N) is 1. The fourth-order valence-corrected chi connectivity index (χ4v) is 3.39. The van der Waals surface area contributed by atoms with Crippen LogP contribution in [-0.2, 0) is 0 Å². The lowest BCUT2D eigenvalue weighted by molar-refractivity contribution is 0.333. The van der Waals surface area contributed by atoms with Crippen molar-refractivity contribution in [3.8, 4) is 5.75 Å². The number of likely N-dealkylation sites (N-methyl/N-ethyl adjacent to an activating group) is 1. The number of anilines is 1. The van der Waals surface area contributed by atoms with E-state index in [4.69, 9.17) is 16.3 Å². The SMILES string of the molecule is C=CC/C(C)=C(/C(=C)c1ccc(NCCOc2ccc(Cl)cc2)cn1)N(CC)CC. The summed E-state index contributed by atoms with van der Waals surface area (Å²) in [5.41, 5.74) is 5.17. The molecule has 0 atom stereocenters. The van der Waals surface area contributed by atoms with E-state index < -0.39 is 0 Å². The molecule has 2 rings (SSSR count). The highest BCUT2D eigenvalue weighted by atomic mass is 35.5. The van der Waals surface area contributed by atoms with Crippen LogP contribution in [0.4, 0.5) is 5.69 Å². The predicted octanol–water partition coefficient (Wildman–Crippen LogP) is 6.43. The van der Waals surface area contributed by atoms with Gasteiger partial charge in [-0.2, -0.15) is 0 Å². The van der Waals surface area contributed by atoms with E-state index in [1.807, 2.05) is 48.7 Å². The Labute approximate surface area is 185 Å². The Morgan fingerprint density at radius 3 is 2.43 bits per heavy atom. The highest BCUT2D eigenvalue weighted by molar-refractivity contribution is 6.30. The highest BCUT2D eigenvalue weighted by Gasteiger charge is 2.15. The smallest absolute Gasteiger partial charge is 0.119 e. The summed E-state index contributed by atoms with van der Waals surface area (Å²) in [6.45, 7) is 17.7. The van der Waals surface area contributed by atoms with Gasteiger partial charge in [0.05, 0.1) is 17.6 Å². The Hall–Kier alpha value is -2.72. The number of ether oxygens (including phenoxy) is 1. The molecule has 0 radical (unpaired) electrons. The number of aromatic nitrogens is 1. The summed E-state index contributed by atoms with van der Waals surface area (Å²) in [6, 6.07) is 11.4. The average Bonchev–Trinajstić information content (AvgIpc) is 2.76. The quantitative estimate of drug-likeness (QED) is 0.241. The first kappa shape index (κ1) is 23.6. The number of rotatable bonds is 12. The number of halogens is 1. The van der Waals surface area contributed by atoms with Crippen LogP contribution in [0.2, 0.25) is 5.02 Å². The molecule has 0 aliphatic carbocycles. The molecule has 0 saturated heterocycles. The predicted molar refractivity (Wildman–Crippen MR) is 129 cm³/mol. The average molecular weight is 426 g/mol. The van der Waals surface area contributed by atoms with Crippen LogP contribution in [0.1, 0.15) is 32.9 Å². The van der Waals surface area contributed by atoms with Crippen molar-refractivity contribution in [2.45, 2.75) is 27.2 Å². The number of allylic oxidation sites excluding steroid dienone is 3. The molecule has 0 bridgehead atoms. The summed E-state index contributed by atoms with van der Waals surface area (Å²) in [7, 11) is 0. The van der Waals surface area contributed by atoms with Gasteiger partial charge >= 0.3 is 0 Å². The number of benzene rings is 1. The summed E-state index contributed by atoms with van der Waals surface area (Å²) < 4.78 is 5.70. The first-order chi connectivity index (χ1) is 14.5. The van der Waals surface area contributed by atoms with Crippen LogP contribution in [0.5, 0.6) is 5.75 Å². The van der Waals surface area contributed by atoms with Gasteiger partial charge in [-0.05, 0) is 69.2 Å². The second-order valence-corrected chi connectivity index (χ2v) is 7.37. The molecule has 1 N–H and O–H groups in total. The maximum atomic E-state index is 5.88. The van der Waals surface area contributed by atoms with Gasteiger partial charge in [0, 0.05) is 35.9 Å². The van der Waals surface area contributed by atoms with Crippen LogP contribution in [-0.4, -0.2) is 36.1 Å². The molecule has 5 heteroatoms. The summed E-state index contributed by atoms with van der Waals surface area (Å²) in [4.78, 5) is 6.96. The minimum Gasteiger partial charge on any atom is -0.492 e. The van der Waals surface area contributed by atoms with Gasteiger partial charge in [-0.15, -0.1) is 6.58 Å². The maximum absolute atomic E-state index is 5.88. The second kappa shape index (κ2) is 12.1. The van der Waals surface area contributed by atoms with Gasteiger partial charge in [-0.3, -0.25) is 4.98 Å². The molecule has 0 unspecified atom stereocenters. The first-order valence-electron chi connectivity index (χ1n) is 10.3. The van der Waals surface area contributed by atoms with Crippen molar-refractivity contribution < 1.29 is 4.74 Å². The maximum Gasteiger partial charge on any atom is 0.119 e. The van der Waals surface area contributed by atoms with E-state index in [-0.39, 0.29) is 0 Å². The van der Waals surface area contributed by atoms with E-state index in [1.54, 1.807) is 0 Å². The molecule has 1 heterocycles. The summed E-state index contributed by atoms with van der Waals surface area (Å²) in [6.07, 6.45) is 4.60. The van der Waals surface area contributed by atoms with E-state index >= 15 is 0 Å². The van der Waals surface area contributed by atoms with Crippen LogP contribution >= 0.6 is 11.6 Å². The first-order valence-corrected chi connectivity index (χ1v) is 10.7. The van der Waals surface area contributed by atoms with Crippen molar-refractivity contribution in [2.75, 3.05) is 31.6 Å². The molecule has 0 saturated carbocycles. The lowest BCUT2D eigenvalue weighted by atomic mass is 10.0. The van der Waals surface area contributed by atoms with Crippen molar-refractivity contribution in [3.05, 3.63) is 83.8 Å². The molecular formula is C25H32ClN3O. The zero-order chi connectivity index (χ0) is 21.9. The molecule has 160 valence electrons. The van der Waals surface area contributed by atoms with Crippen molar-refractivity contribution in [3.63, 3.8) is 0 Å². The number of nitrogens with zero attached hydrogens (tertiary/aromatic N) is 2. The zero-order valence-corrected chi connectivity index (χ0v) is 19.0. The summed E-state index contributed by atoms with van der Waals surface area (Å²) in [5.74, 6) is 0.802. The van der Waals surface area contributed by atoms with Gasteiger partial charge in [-0.1, -0.05) is 24.3 Å². The van der Waals surface area contributed by atoms with Crippen molar-refractivity contribution in [2.24, 2.45) is 0 Å². The van der Waals surface area contributed by atoms with Gasteiger partial charge in [0.2, 0.25) is 0 Å². The lowest BCUT2D eigenvalue weighted by Crippen LogP contribution is -2.24. The molecule has 1 aromatic carbocycles. The third-order valence-electron chi connectivity index (χ3n) is 4.81. The molecule has 1 aromatic heterocycles. The number of pyridine rings is 1. The van der Waals surface area contributed by atoms with Crippen LogP contribution in [0.15, 0.2) is 73.1 Å². The largest absolute Gasteiger partial charge is 0.492 e. The van der Waals surface area contributed by atoms with Crippen molar-refractivity contribution >= 4 is 22.9 Å². The van der Waals surface area contributed by atoms with Gasteiger partial charge in [0.15, 0.2) is 0 Å². The molecule has 2 aromatic rings. The molecule has 0 aliphatic heterocycles. The molecule has 0 amide bonds. The zero-order valence-electron chi connectivity index (χ0n) is 18.2. The Bertz CT molecular complexity index is 853. The monoisotopic (exact) mass is 425 g/mol. The normalized spacial score (nSPS) is 11.5. The Kier molecular flexibility index (Phi) is 9.49. The van der Waals surface area contributed by atoms with Crippen molar-refractivity contribution in [1.82, 2.24) is 9.88 Å². The number of hydrogen-bond donors (Lipinski definition) is 1. The van der Waals surface area contributed by atoms with E-state index in [2.05, 4.69) is 49.1 Å². The third kappa shape index (κ3) is 6.67. The molecule has 30 heavy (non-hydrogen) atoms. The van der Waals surface area contributed by atoms with Crippen LogP contribution in [0.25, 0.3) is 5.57 Å². The van der Waals surface area contributed by atoms with E-state index in [0.29, 0.717) is 18.2 Å². The number of hydrogen-bond acceptors (Lipinski definition) is 4. The lowest BCUT2D eigenvalue weighted by Gasteiger charge is -2.28. The van der Waals surface area contributed by atoms with Gasteiger partial charge in [0.1, 0.15) is 12.4 Å². The summed E-state index contributed by atoms with van der Waals surface area (Å²) in [5, 5.41) is 4.03. The fraction of sp³-hybridized carbons (Fsp3) is 0.320. The van der Waals surface area contributed by atoms with E-state index in [1.165, 1.54) is 5.57 Å². The fourth-order valence-electron chi connectivity index (χ4n) is 3.26. The topological polar surface area (TPSA) is 37.4 Å². The van der Waals surface area contributed by atoms with Gasteiger partial charge in [0.25, 0.3) is 0 Å². The van der Waals surface area contributed by atoms with E-state index in [0.717, 1.165) is 47.9 Å². The van der Waals surface area contributed by atoms with Crippen LogP contribution in [0.3, 0.4) is 0 Å². The molecular weight excluding hydrogens is 394 g/mol. The van der Waals surface area contributed by atoms with Crippen LogP contribution < -0.4 is 10.1 Å². The molecule has 0 spiro atoms. The Morgan fingerprint density at radius 1 is 1.17 bits per heavy atom. The van der Waals surface area contributed by atoms with E-state index in [9.17, 15) is 0 Å². The Balaban J connectivity index is 1.99. The van der Waals surface area contributed by atoms with Crippen molar-refractivity contribution in [1.29, 1.82) is 0 Å².